The molecule has 11 heteroatoms. The van der Waals surface area contributed by atoms with Gasteiger partial charge >= 0.3 is 12.3 Å². The number of hydrogen-bond donors (Lipinski definition) is 2. The second kappa shape index (κ2) is 8.50. The third-order valence-corrected chi connectivity index (χ3v) is 5.22. The van der Waals surface area contributed by atoms with Crippen LogP contribution in [0.15, 0.2) is 39.9 Å². The number of carboxylic acid groups (broad SMARTS) is 1. The normalized spacial score (nSPS) is 12.8. The molecular weight excluding hydrogens is 471 g/mol. The van der Waals surface area contributed by atoms with Gasteiger partial charge in [-0.1, -0.05) is 0 Å². The van der Waals surface area contributed by atoms with Gasteiger partial charge in [0.15, 0.2) is 0 Å². The summed E-state index contributed by atoms with van der Waals surface area (Å²) in [7, 11) is 1.59. The number of amides is 1. The Balaban J connectivity index is 1.93. The first-order valence-electron chi connectivity index (χ1n) is 8.82. The second-order valence-electron chi connectivity index (χ2n) is 6.70. The summed E-state index contributed by atoms with van der Waals surface area (Å²) < 4.78 is 45.1. The summed E-state index contributed by atoms with van der Waals surface area (Å²) in [5.74, 6) is 0.273. The van der Waals surface area contributed by atoms with Crippen LogP contribution in [0.3, 0.4) is 0 Å². The average Bonchev–Trinajstić information content (AvgIpc) is 2.67. The highest BCUT2D eigenvalue weighted by molar-refractivity contribution is 9.10. The van der Waals surface area contributed by atoms with Crippen molar-refractivity contribution in [3.8, 4) is 5.75 Å². The first kappa shape index (κ1) is 21.9. The minimum Gasteiger partial charge on any atom is -0.490 e. The largest absolute Gasteiger partial charge is 0.490 e. The van der Waals surface area contributed by atoms with Crippen molar-refractivity contribution >= 4 is 43.7 Å². The number of benzene rings is 1. The van der Waals surface area contributed by atoms with Crippen molar-refractivity contribution in [2.45, 2.75) is 25.1 Å². The highest BCUT2D eigenvalue weighted by atomic mass is 79.9. The summed E-state index contributed by atoms with van der Waals surface area (Å²) >= 11 is 3.37. The molecule has 0 bridgehead atoms. The first-order valence-corrected chi connectivity index (χ1v) is 9.61. The van der Waals surface area contributed by atoms with Gasteiger partial charge < -0.3 is 19.7 Å². The molecule has 1 amide bonds. The molecule has 0 aliphatic heterocycles. The van der Waals surface area contributed by atoms with Crippen LogP contribution in [0.2, 0.25) is 0 Å². The smallest absolute Gasteiger partial charge is 0.404 e. The zero-order chi connectivity index (χ0) is 22.1. The van der Waals surface area contributed by atoms with E-state index in [2.05, 4.69) is 20.9 Å². The number of alkyl halides is 3. The van der Waals surface area contributed by atoms with E-state index in [0.717, 1.165) is 5.39 Å². The number of nitrogens with zero attached hydrogens (tertiary/aromatic N) is 2. The Morgan fingerprint density at radius 2 is 2.07 bits per heavy atom. The number of ether oxygens (including phenoxy) is 1. The molecule has 2 N–H and O–H groups in total. The van der Waals surface area contributed by atoms with Crippen molar-refractivity contribution in [3.05, 3.63) is 45.4 Å². The van der Waals surface area contributed by atoms with Gasteiger partial charge in [0, 0.05) is 37.3 Å². The molecule has 3 rings (SSSR count). The lowest BCUT2D eigenvalue weighted by Crippen LogP contribution is -2.39. The molecule has 0 aliphatic rings. The Morgan fingerprint density at radius 3 is 2.73 bits per heavy atom. The number of aromatic nitrogens is 2. The van der Waals surface area contributed by atoms with Crippen LogP contribution in [-0.2, 0) is 7.05 Å². The van der Waals surface area contributed by atoms with E-state index < -0.39 is 31.2 Å². The van der Waals surface area contributed by atoms with Gasteiger partial charge in [0.2, 0.25) is 0 Å². The molecule has 0 saturated carbocycles. The predicted molar refractivity (Wildman–Crippen MR) is 108 cm³/mol. The second-order valence-corrected chi connectivity index (χ2v) is 7.55. The number of fused-ring (bicyclic) bond motifs is 3. The summed E-state index contributed by atoms with van der Waals surface area (Å²) in [5.41, 5.74) is 0.296. The number of hydrogen-bond acceptors (Lipinski definition) is 4. The molecule has 0 fully saturated rings. The Morgan fingerprint density at radius 1 is 1.33 bits per heavy atom. The van der Waals surface area contributed by atoms with Gasteiger partial charge in [0.25, 0.3) is 5.56 Å². The standard InChI is InChI=1S/C19H17BrF3N3O4/c1-26-15-7-16(30-9-10(25-18(28)29)2-4-19(21,22)23)14(20)6-12(15)11-3-5-24-8-13(11)17(26)27/h3,5-8,10,25H,2,4,9H2,1H3,(H,28,29). The predicted octanol–water partition coefficient (Wildman–Crippen LogP) is 4.21. The van der Waals surface area contributed by atoms with E-state index in [1.54, 1.807) is 31.4 Å². The Hall–Kier alpha value is -2.82. The molecule has 2 aromatic heterocycles. The molecule has 0 saturated heterocycles. The number of halogens is 4. The van der Waals surface area contributed by atoms with Crippen molar-refractivity contribution in [1.82, 2.24) is 14.9 Å². The summed E-state index contributed by atoms with van der Waals surface area (Å²) in [6.45, 7) is -0.308. The fourth-order valence-electron chi connectivity index (χ4n) is 3.14. The monoisotopic (exact) mass is 487 g/mol. The van der Waals surface area contributed by atoms with E-state index >= 15 is 0 Å². The van der Waals surface area contributed by atoms with E-state index in [1.807, 2.05) is 5.32 Å². The van der Waals surface area contributed by atoms with Gasteiger partial charge in [0.1, 0.15) is 12.4 Å². The van der Waals surface area contributed by atoms with E-state index in [-0.39, 0.29) is 17.9 Å². The number of rotatable bonds is 6. The average molecular weight is 488 g/mol. The number of nitrogens with one attached hydrogen (secondary N) is 1. The van der Waals surface area contributed by atoms with Crippen LogP contribution >= 0.6 is 15.9 Å². The van der Waals surface area contributed by atoms with Gasteiger partial charge in [-0.05, 0) is 39.9 Å². The van der Waals surface area contributed by atoms with E-state index in [9.17, 15) is 22.8 Å². The van der Waals surface area contributed by atoms with Crippen molar-refractivity contribution in [2.24, 2.45) is 7.05 Å². The van der Waals surface area contributed by atoms with Crippen molar-refractivity contribution in [2.75, 3.05) is 6.61 Å². The van der Waals surface area contributed by atoms with Crippen LogP contribution in [0.25, 0.3) is 21.7 Å². The summed E-state index contributed by atoms with van der Waals surface area (Å²) in [6, 6.07) is 3.98. The molecular formula is C19H17BrF3N3O4. The van der Waals surface area contributed by atoms with Crippen molar-refractivity contribution in [1.29, 1.82) is 0 Å². The minimum absolute atomic E-state index is 0.255. The highest BCUT2D eigenvalue weighted by Gasteiger charge is 2.29. The van der Waals surface area contributed by atoms with E-state index in [1.165, 1.54) is 10.8 Å². The molecule has 0 radical (unpaired) electrons. The zero-order valence-corrected chi connectivity index (χ0v) is 17.2. The van der Waals surface area contributed by atoms with Crippen LogP contribution in [-0.4, -0.2) is 39.6 Å². The van der Waals surface area contributed by atoms with Crippen LogP contribution in [0.4, 0.5) is 18.0 Å². The molecule has 2 heterocycles. The summed E-state index contributed by atoms with van der Waals surface area (Å²) in [4.78, 5) is 27.5. The Bertz CT molecular complexity index is 1160. The van der Waals surface area contributed by atoms with E-state index in [4.69, 9.17) is 9.84 Å². The zero-order valence-electron chi connectivity index (χ0n) is 15.7. The fraction of sp³-hybridized carbons (Fsp3) is 0.316. The molecule has 0 aliphatic carbocycles. The summed E-state index contributed by atoms with van der Waals surface area (Å²) in [5, 5.41) is 12.8. The topological polar surface area (TPSA) is 93.5 Å². The van der Waals surface area contributed by atoms with Crippen LogP contribution in [0.5, 0.6) is 5.75 Å². The Kier molecular flexibility index (Phi) is 6.20. The fourth-order valence-corrected chi connectivity index (χ4v) is 3.59. The lowest BCUT2D eigenvalue weighted by molar-refractivity contribution is -0.136. The summed E-state index contributed by atoms with van der Waals surface area (Å²) in [6.07, 6.45) is -4.39. The van der Waals surface area contributed by atoms with Gasteiger partial charge in [0.05, 0.1) is 21.4 Å². The number of pyridine rings is 2. The van der Waals surface area contributed by atoms with Gasteiger partial charge in [-0.15, -0.1) is 0 Å². The maximum absolute atomic E-state index is 12.6. The lowest BCUT2D eigenvalue weighted by Gasteiger charge is -2.19. The minimum atomic E-state index is -4.41. The van der Waals surface area contributed by atoms with Crippen LogP contribution in [0.1, 0.15) is 12.8 Å². The molecule has 0 spiro atoms. The van der Waals surface area contributed by atoms with Crippen molar-refractivity contribution < 1.29 is 27.8 Å². The molecule has 30 heavy (non-hydrogen) atoms. The molecule has 3 aromatic rings. The molecule has 160 valence electrons. The third-order valence-electron chi connectivity index (χ3n) is 4.60. The number of carbonyl (C=O) groups is 1. The maximum atomic E-state index is 12.6. The van der Waals surface area contributed by atoms with Gasteiger partial charge in [-0.3, -0.25) is 9.78 Å². The quantitative estimate of drug-likeness (QED) is 0.508. The SMILES string of the molecule is Cn1c(=O)c2cnccc2c2cc(Br)c(OCC(CCC(F)(F)F)NC(=O)O)cc21. The third kappa shape index (κ3) is 4.84. The van der Waals surface area contributed by atoms with Gasteiger partial charge in [-0.25, -0.2) is 4.79 Å². The first-order chi connectivity index (χ1) is 14.1. The molecule has 1 aromatic carbocycles. The van der Waals surface area contributed by atoms with Crippen LogP contribution in [0, 0.1) is 0 Å². The lowest BCUT2D eigenvalue weighted by atomic mass is 10.1. The van der Waals surface area contributed by atoms with E-state index in [0.29, 0.717) is 20.8 Å². The van der Waals surface area contributed by atoms with Gasteiger partial charge in [-0.2, -0.15) is 13.2 Å². The van der Waals surface area contributed by atoms with Crippen LogP contribution < -0.4 is 15.6 Å². The molecule has 1 atom stereocenters. The number of aryl methyl sites for hydroxylation is 1. The highest BCUT2D eigenvalue weighted by Crippen LogP contribution is 2.33. The maximum Gasteiger partial charge on any atom is 0.404 e. The molecule has 7 nitrogen and oxygen atoms in total. The Labute approximate surface area is 176 Å². The molecule has 1 unspecified atom stereocenters. The van der Waals surface area contributed by atoms with Crippen molar-refractivity contribution in [3.63, 3.8) is 0 Å².